The molecule has 1 aliphatic rings. The zero-order chi connectivity index (χ0) is 12.5. The summed E-state index contributed by atoms with van der Waals surface area (Å²) in [6.07, 6.45) is 0. The van der Waals surface area contributed by atoms with Gasteiger partial charge >= 0.3 is 0 Å². The van der Waals surface area contributed by atoms with E-state index in [0.29, 0.717) is 17.9 Å². The van der Waals surface area contributed by atoms with Crippen molar-refractivity contribution in [2.24, 2.45) is 0 Å². The van der Waals surface area contributed by atoms with Crippen molar-refractivity contribution < 1.29 is 9.53 Å². The van der Waals surface area contributed by atoms with Crippen LogP contribution in [0.15, 0.2) is 42.5 Å². The van der Waals surface area contributed by atoms with Gasteiger partial charge in [-0.25, -0.2) is 0 Å². The molecular weight excluding hydrogens is 226 g/mol. The average molecular weight is 239 g/mol. The van der Waals surface area contributed by atoms with E-state index in [4.69, 9.17) is 4.74 Å². The minimum absolute atomic E-state index is 0.0233. The fourth-order valence-corrected chi connectivity index (χ4v) is 2.16. The highest BCUT2D eigenvalue weighted by Gasteiger charge is 2.21. The molecule has 0 spiro atoms. The van der Waals surface area contributed by atoms with Crippen LogP contribution < -0.4 is 10.1 Å². The summed E-state index contributed by atoms with van der Waals surface area (Å²) in [6, 6.07) is 13.2. The lowest BCUT2D eigenvalue weighted by molar-refractivity contribution is 0.103. The highest BCUT2D eigenvalue weighted by Crippen LogP contribution is 2.30. The molecule has 0 radical (unpaired) electrons. The van der Waals surface area contributed by atoms with Gasteiger partial charge in [0.15, 0.2) is 5.78 Å². The van der Waals surface area contributed by atoms with E-state index >= 15 is 0 Å². The Kier molecular flexibility index (Phi) is 2.52. The summed E-state index contributed by atoms with van der Waals surface area (Å²) < 4.78 is 5.70. The van der Waals surface area contributed by atoms with Crippen LogP contribution in [0, 0.1) is 0 Å². The van der Waals surface area contributed by atoms with Crippen molar-refractivity contribution in [2.75, 3.05) is 12.4 Å². The smallest absolute Gasteiger partial charge is 0.197 e. The number of hydrogen-bond acceptors (Lipinski definition) is 3. The second-order valence-electron chi connectivity index (χ2n) is 4.24. The normalized spacial score (nSPS) is 13.1. The first kappa shape index (κ1) is 10.8. The van der Waals surface area contributed by atoms with Crippen LogP contribution in [-0.2, 0) is 6.61 Å². The van der Waals surface area contributed by atoms with Crippen LogP contribution in [0.25, 0.3) is 0 Å². The van der Waals surface area contributed by atoms with Crippen molar-refractivity contribution in [3.8, 4) is 5.75 Å². The van der Waals surface area contributed by atoms with Crippen LogP contribution in [0.2, 0.25) is 0 Å². The topological polar surface area (TPSA) is 38.3 Å². The zero-order valence-corrected chi connectivity index (χ0v) is 10.1. The summed E-state index contributed by atoms with van der Waals surface area (Å²) in [5.74, 6) is 0.672. The SMILES string of the molecule is CNc1ccc2c(c1)C(=O)c1ccccc1CO2. The van der Waals surface area contributed by atoms with Gasteiger partial charge in [-0.2, -0.15) is 0 Å². The summed E-state index contributed by atoms with van der Waals surface area (Å²) in [6.45, 7) is 0.438. The molecule has 0 aromatic heterocycles. The van der Waals surface area contributed by atoms with Crippen LogP contribution in [0.5, 0.6) is 5.75 Å². The van der Waals surface area contributed by atoms with Gasteiger partial charge in [0.2, 0.25) is 0 Å². The van der Waals surface area contributed by atoms with Crippen molar-refractivity contribution in [2.45, 2.75) is 6.61 Å². The zero-order valence-electron chi connectivity index (χ0n) is 10.1. The van der Waals surface area contributed by atoms with Crippen molar-refractivity contribution >= 4 is 11.5 Å². The number of carbonyl (C=O) groups excluding carboxylic acids is 1. The first-order chi connectivity index (χ1) is 8.79. The van der Waals surface area contributed by atoms with Crippen LogP contribution in [-0.4, -0.2) is 12.8 Å². The summed E-state index contributed by atoms with van der Waals surface area (Å²) in [5.41, 5.74) is 3.19. The van der Waals surface area contributed by atoms with E-state index in [-0.39, 0.29) is 5.78 Å². The van der Waals surface area contributed by atoms with Gasteiger partial charge in [0.1, 0.15) is 12.4 Å². The highest BCUT2D eigenvalue weighted by molar-refractivity contribution is 6.12. The van der Waals surface area contributed by atoms with Crippen LogP contribution in [0.3, 0.4) is 0 Å². The largest absolute Gasteiger partial charge is 0.488 e. The molecule has 0 atom stereocenters. The van der Waals surface area contributed by atoms with Gasteiger partial charge in [-0.3, -0.25) is 4.79 Å². The van der Waals surface area contributed by atoms with E-state index in [1.165, 1.54) is 0 Å². The molecule has 3 rings (SSSR count). The molecule has 3 nitrogen and oxygen atoms in total. The van der Waals surface area contributed by atoms with E-state index < -0.39 is 0 Å². The second kappa shape index (κ2) is 4.18. The Morgan fingerprint density at radius 2 is 1.94 bits per heavy atom. The lowest BCUT2D eigenvalue weighted by Gasteiger charge is -2.08. The van der Waals surface area contributed by atoms with Crippen molar-refractivity contribution in [1.29, 1.82) is 0 Å². The Labute approximate surface area is 105 Å². The summed E-state index contributed by atoms with van der Waals surface area (Å²) >= 11 is 0. The number of benzene rings is 2. The molecule has 0 fully saturated rings. The number of ether oxygens (including phenoxy) is 1. The fourth-order valence-electron chi connectivity index (χ4n) is 2.16. The lowest BCUT2D eigenvalue weighted by atomic mass is 9.99. The quantitative estimate of drug-likeness (QED) is 0.831. The molecule has 3 heteroatoms. The Morgan fingerprint density at radius 1 is 1.11 bits per heavy atom. The molecule has 0 amide bonds. The number of hydrogen-bond donors (Lipinski definition) is 1. The predicted molar refractivity (Wildman–Crippen MR) is 70.2 cm³/mol. The summed E-state index contributed by atoms with van der Waals surface area (Å²) in [5, 5.41) is 3.03. The number of anilines is 1. The number of nitrogens with one attached hydrogen (secondary N) is 1. The molecule has 0 bridgehead atoms. The third kappa shape index (κ3) is 1.64. The molecule has 1 N–H and O–H groups in total. The van der Waals surface area contributed by atoms with Crippen molar-refractivity contribution in [3.63, 3.8) is 0 Å². The highest BCUT2D eigenvalue weighted by atomic mass is 16.5. The maximum Gasteiger partial charge on any atom is 0.197 e. The van der Waals surface area contributed by atoms with Gasteiger partial charge in [0, 0.05) is 23.9 Å². The number of carbonyl (C=O) groups is 1. The van der Waals surface area contributed by atoms with Crippen molar-refractivity contribution in [3.05, 3.63) is 59.2 Å². The first-order valence-corrected chi connectivity index (χ1v) is 5.87. The van der Waals surface area contributed by atoms with E-state index in [2.05, 4.69) is 5.32 Å². The molecule has 0 saturated carbocycles. The summed E-state index contributed by atoms with van der Waals surface area (Å²) in [7, 11) is 1.83. The minimum atomic E-state index is 0.0233. The Bertz CT molecular complexity index is 620. The van der Waals surface area contributed by atoms with Gasteiger partial charge in [-0.1, -0.05) is 24.3 Å². The van der Waals surface area contributed by atoms with Crippen LogP contribution in [0.1, 0.15) is 21.5 Å². The van der Waals surface area contributed by atoms with Gasteiger partial charge < -0.3 is 10.1 Å². The lowest BCUT2D eigenvalue weighted by Crippen LogP contribution is -2.03. The maximum atomic E-state index is 12.5. The van der Waals surface area contributed by atoms with Crippen molar-refractivity contribution in [1.82, 2.24) is 0 Å². The Hall–Kier alpha value is -2.29. The molecule has 18 heavy (non-hydrogen) atoms. The number of fused-ring (bicyclic) bond motifs is 2. The third-order valence-corrected chi connectivity index (χ3v) is 3.16. The van der Waals surface area contributed by atoms with Crippen LogP contribution in [0.4, 0.5) is 5.69 Å². The standard InChI is InChI=1S/C15H13NO2/c1-16-11-6-7-14-13(8-11)15(17)12-5-3-2-4-10(12)9-18-14/h2-8,16H,9H2,1H3. The van der Waals surface area contributed by atoms with E-state index in [9.17, 15) is 4.79 Å². The molecule has 90 valence electrons. The number of ketones is 1. The molecule has 0 saturated heterocycles. The molecule has 1 aliphatic heterocycles. The Balaban J connectivity index is 2.17. The average Bonchev–Trinajstić information content (AvgIpc) is 2.57. The van der Waals surface area contributed by atoms with E-state index in [0.717, 1.165) is 16.8 Å². The molecule has 0 aliphatic carbocycles. The maximum absolute atomic E-state index is 12.5. The van der Waals surface area contributed by atoms with E-state index in [1.807, 2.05) is 49.5 Å². The van der Waals surface area contributed by atoms with Gasteiger partial charge in [0.05, 0.1) is 5.56 Å². The second-order valence-corrected chi connectivity index (χ2v) is 4.24. The molecular formula is C15H13NO2. The molecule has 0 unspecified atom stereocenters. The fraction of sp³-hybridized carbons (Fsp3) is 0.133. The minimum Gasteiger partial charge on any atom is -0.488 e. The molecule has 2 aromatic carbocycles. The van der Waals surface area contributed by atoms with Gasteiger partial charge in [0.25, 0.3) is 0 Å². The monoisotopic (exact) mass is 239 g/mol. The van der Waals surface area contributed by atoms with Crippen LogP contribution >= 0.6 is 0 Å². The first-order valence-electron chi connectivity index (χ1n) is 5.87. The van der Waals surface area contributed by atoms with E-state index in [1.54, 1.807) is 0 Å². The third-order valence-electron chi connectivity index (χ3n) is 3.16. The van der Waals surface area contributed by atoms with Gasteiger partial charge in [-0.05, 0) is 18.2 Å². The Morgan fingerprint density at radius 3 is 2.78 bits per heavy atom. The van der Waals surface area contributed by atoms with Gasteiger partial charge in [-0.15, -0.1) is 0 Å². The number of rotatable bonds is 1. The summed E-state index contributed by atoms with van der Waals surface area (Å²) in [4.78, 5) is 12.5. The molecule has 1 heterocycles. The predicted octanol–water partition coefficient (Wildman–Crippen LogP) is 2.85. The molecule has 2 aromatic rings.